The van der Waals surface area contributed by atoms with Gasteiger partial charge in [-0.3, -0.25) is 9.59 Å². The first-order valence-corrected chi connectivity index (χ1v) is 9.97. The molecule has 31 heavy (non-hydrogen) atoms. The summed E-state index contributed by atoms with van der Waals surface area (Å²) in [6, 6.07) is 7.26. The summed E-state index contributed by atoms with van der Waals surface area (Å²) in [5, 5.41) is 6.86. The molecule has 2 aliphatic heterocycles. The summed E-state index contributed by atoms with van der Waals surface area (Å²) in [5.41, 5.74) is 2.32. The van der Waals surface area contributed by atoms with Crippen LogP contribution in [0.2, 0.25) is 0 Å². The number of aromatic nitrogens is 3. The minimum atomic E-state index is -4.60. The van der Waals surface area contributed by atoms with Gasteiger partial charge in [-0.05, 0) is 24.5 Å². The number of hydrogen-bond acceptors (Lipinski definition) is 5. The minimum absolute atomic E-state index is 0.0562. The minimum Gasteiger partial charge on any atom is -0.362 e. The summed E-state index contributed by atoms with van der Waals surface area (Å²) in [5.74, 6) is -1.60. The van der Waals surface area contributed by atoms with E-state index in [2.05, 4.69) is 10.2 Å². The highest BCUT2D eigenvalue weighted by molar-refractivity contribution is 5.80. The molecule has 1 aromatic carbocycles. The van der Waals surface area contributed by atoms with Crippen molar-refractivity contribution < 1.29 is 27.5 Å². The van der Waals surface area contributed by atoms with Crippen LogP contribution in [0.4, 0.5) is 13.2 Å². The van der Waals surface area contributed by atoms with Crippen molar-refractivity contribution in [2.24, 2.45) is 0 Å². The molecule has 1 atom stereocenters. The number of rotatable bonds is 4. The van der Waals surface area contributed by atoms with Crippen LogP contribution in [0.3, 0.4) is 0 Å². The summed E-state index contributed by atoms with van der Waals surface area (Å²) in [4.78, 5) is 28.1. The monoisotopic (exact) mass is 437 g/mol. The molecule has 0 N–H and O–H groups in total. The first-order valence-electron chi connectivity index (χ1n) is 9.97. The number of nitrogens with zero attached hydrogens (tertiary/aromatic N) is 5. The number of halogens is 3. The highest BCUT2D eigenvalue weighted by Gasteiger charge is 2.41. The predicted octanol–water partition coefficient (Wildman–Crippen LogP) is 1.80. The first-order chi connectivity index (χ1) is 14.8. The molecule has 0 spiro atoms. The van der Waals surface area contributed by atoms with Crippen molar-refractivity contribution in [3.8, 4) is 0 Å². The van der Waals surface area contributed by atoms with E-state index >= 15 is 0 Å². The second-order valence-corrected chi connectivity index (χ2v) is 7.62. The average molecular weight is 437 g/mol. The number of ether oxygens (including phenoxy) is 1. The van der Waals surface area contributed by atoms with Crippen molar-refractivity contribution in [1.82, 2.24) is 24.6 Å². The summed E-state index contributed by atoms with van der Waals surface area (Å²) < 4.78 is 45.4. The van der Waals surface area contributed by atoms with Crippen LogP contribution in [-0.4, -0.2) is 62.7 Å². The van der Waals surface area contributed by atoms with E-state index in [4.69, 9.17) is 4.74 Å². The fraction of sp³-hybridized carbons (Fsp3) is 0.500. The summed E-state index contributed by atoms with van der Waals surface area (Å²) in [7, 11) is 0. The van der Waals surface area contributed by atoms with Crippen LogP contribution in [0.5, 0.6) is 0 Å². The molecule has 11 heteroatoms. The Morgan fingerprint density at radius 2 is 1.77 bits per heavy atom. The largest absolute Gasteiger partial charge is 0.451 e. The lowest BCUT2D eigenvalue weighted by Gasteiger charge is -2.34. The van der Waals surface area contributed by atoms with Crippen LogP contribution < -0.4 is 0 Å². The van der Waals surface area contributed by atoms with Gasteiger partial charge in [-0.1, -0.05) is 24.3 Å². The Labute approximate surface area is 176 Å². The van der Waals surface area contributed by atoms with Crippen molar-refractivity contribution in [3.63, 3.8) is 0 Å². The number of amides is 2. The predicted molar refractivity (Wildman–Crippen MR) is 102 cm³/mol. The molecule has 1 aromatic heterocycles. The standard InChI is InChI=1S/C20H22F3N5O3/c1-13-18-24-25-19(20(21,22)23)28(18)9-8-27(13)17(30)12-31-11-16(29)26-7-6-14-4-2-3-5-15(14)10-26/h2-5,13H,6-12H2,1H3. The van der Waals surface area contributed by atoms with Crippen LogP contribution in [0, 0.1) is 0 Å². The smallest absolute Gasteiger partial charge is 0.362 e. The fourth-order valence-electron chi connectivity index (χ4n) is 4.04. The molecular formula is C20H22F3N5O3. The maximum absolute atomic E-state index is 13.0. The molecule has 0 fully saturated rings. The number of carbonyl (C=O) groups is 2. The molecule has 0 saturated heterocycles. The molecule has 0 saturated carbocycles. The normalized spacial score (nSPS) is 18.5. The van der Waals surface area contributed by atoms with E-state index < -0.39 is 23.9 Å². The molecule has 0 radical (unpaired) electrons. The molecule has 0 aliphatic carbocycles. The number of alkyl halides is 3. The van der Waals surface area contributed by atoms with Gasteiger partial charge in [0.05, 0.1) is 6.04 Å². The van der Waals surface area contributed by atoms with E-state index in [0.29, 0.717) is 13.1 Å². The van der Waals surface area contributed by atoms with Gasteiger partial charge in [0.2, 0.25) is 17.6 Å². The summed E-state index contributed by atoms with van der Waals surface area (Å²) >= 11 is 0. The molecular weight excluding hydrogens is 415 g/mol. The van der Waals surface area contributed by atoms with Gasteiger partial charge in [0.25, 0.3) is 0 Å². The Morgan fingerprint density at radius 3 is 2.52 bits per heavy atom. The number of benzene rings is 1. The van der Waals surface area contributed by atoms with Gasteiger partial charge in [0.1, 0.15) is 13.2 Å². The Hall–Kier alpha value is -2.95. The van der Waals surface area contributed by atoms with Gasteiger partial charge in [-0.15, -0.1) is 10.2 Å². The molecule has 166 valence electrons. The molecule has 0 bridgehead atoms. The average Bonchev–Trinajstić information content (AvgIpc) is 3.19. The lowest BCUT2D eigenvalue weighted by molar-refractivity contribution is -0.149. The maximum atomic E-state index is 13.0. The van der Waals surface area contributed by atoms with E-state index in [1.165, 1.54) is 10.5 Å². The topological polar surface area (TPSA) is 80.6 Å². The maximum Gasteiger partial charge on any atom is 0.451 e. The van der Waals surface area contributed by atoms with Crippen LogP contribution in [0.1, 0.15) is 35.7 Å². The van der Waals surface area contributed by atoms with Crippen molar-refractivity contribution in [3.05, 3.63) is 47.0 Å². The number of fused-ring (bicyclic) bond motifs is 2. The Bertz CT molecular complexity index is 991. The lowest BCUT2D eigenvalue weighted by atomic mass is 10.00. The van der Waals surface area contributed by atoms with Gasteiger partial charge in [0.15, 0.2) is 5.82 Å². The van der Waals surface area contributed by atoms with Crippen molar-refractivity contribution >= 4 is 11.8 Å². The van der Waals surface area contributed by atoms with E-state index in [1.54, 1.807) is 11.8 Å². The molecule has 2 amide bonds. The highest BCUT2D eigenvalue weighted by Crippen LogP contribution is 2.32. The zero-order valence-corrected chi connectivity index (χ0v) is 16.9. The van der Waals surface area contributed by atoms with Crippen LogP contribution in [0.15, 0.2) is 24.3 Å². The first kappa shape index (κ1) is 21.3. The molecule has 1 unspecified atom stereocenters. The van der Waals surface area contributed by atoms with Gasteiger partial charge in [-0.2, -0.15) is 13.2 Å². The molecule has 2 aliphatic rings. The second-order valence-electron chi connectivity index (χ2n) is 7.62. The Balaban J connectivity index is 1.30. The zero-order valence-electron chi connectivity index (χ0n) is 16.9. The van der Waals surface area contributed by atoms with Gasteiger partial charge in [-0.25, -0.2) is 0 Å². The van der Waals surface area contributed by atoms with Gasteiger partial charge < -0.3 is 19.1 Å². The number of hydrogen-bond donors (Lipinski definition) is 0. The lowest BCUT2D eigenvalue weighted by Crippen LogP contribution is -2.44. The summed E-state index contributed by atoms with van der Waals surface area (Å²) in [6.45, 7) is 2.15. The molecule has 4 rings (SSSR count). The summed E-state index contributed by atoms with van der Waals surface area (Å²) in [6.07, 6.45) is -3.83. The third-order valence-electron chi connectivity index (χ3n) is 5.69. The van der Waals surface area contributed by atoms with E-state index in [0.717, 1.165) is 16.6 Å². The van der Waals surface area contributed by atoms with Crippen LogP contribution >= 0.6 is 0 Å². The van der Waals surface area contributed by atoms with Crippen molar-refractivity contribution in [1.29, 1.82) is 0 Å². The highest BCUT2D eigenvalue weighted by atomic mass is 19.4. The van der Waals surface area contributed by atoms with E-state index in [9.17, 15) is 22.8 Å². The SMILES string of the molecule is CC1c2nnc(C(F)(F)F)n2CCN1C(=O)COCC(=O)N1CCc2ccccc2C1. The Kier molecular flexibility index (Phi) is 5.69. The zero-order chi connectivity index (χ0) is 22.2. The van der Waals surface area contributed by atoms with Gasteiger partial charge in [0, 0.05) is 26.2 Å². The molecule has 3 heterocycles. The molecule has 8 nitrogen and oxygen atoms in total. The Morgan fingerprint density at radius 1 is 1.06 bits per heavy atom. The fourth-order valence-corrected chi connectivity index (χ4v) is 4.04. The van der Waals surface area contributed by atoms with Crippen molar-refractivity contribution in [2.45, 2.75) is 38.7 Å². The van der Waals surface area contributed by atoms with Crippen LogP contribution in [0.25, 0.3) is 0 Å². The number of carbonyl (C=O) groups excluding carboxylic acids is 2. The van der Waals surface area contributed by atoms with Crippen molar-refractivity contribution in [2.75, 3.05) is 26.3 Å². The van der Waals surface area contributed by atoms with E-state index in [-0.39, 0.29) is 38.0 Å². The third-order valence-corrected chi connectivity index (χ3v) is 5.69. The van der Waals surface area contributed by atoms with Gasteiger partial charge >= 0.3 is 6.18 Å². The van der Waals surface area contributed by atoms with E-state index in [1.807, 2.05) is 24.3 Å². The molecule has 2 aromatic rings. The third kappa shape index (κ3) is 4.27. The quantitative estimate of drug-likeness (QED) is 0.729. The van der Waals surface area contributed by atoms with Crippen LogP contribution in [-0.2, 0) is 40.0 Å². The second kappa shape index (κ2) is 8.29.